The van der Waals surface area contributed by atoms with Gasteiger partial charge >= 0.3 is 6.92 Å². The Morgan fingerprint density at radius 3 is 2.77 bits per heavy atom. The van der Waals surface area contributed by atoms with Crippen LogP contribution >= 0.6 is 0 Å². The number of nitrogens with two attached hydrogens (primary N) is 1. The van der Waals surface area contributed by atoms with Crippen LogP contribution in [-0.2, 0) is 0 Å². The zero-order valence-corrected chi connectivity index (χ0v) is 12.3. The van der Waals surface area contributed by atoms with Gasteiger partial charge in [-0.05, 0) is 17.6 Å². The average Bonchev–Trinajstić information content (AvgIpc) is 2.54. The minimum absolute atomic E-state index is 0.487. The van der Waals surface area contributed by atoms with E-state index >= 15 is 0 Å². The Morgan fingerprint density at radius 2 is 2.05 bits per heavy atom. The van der Waals surface area contributed by atoms with Gasteiger partial charge in [-0.1, -0.05) is 19.0 Å². The number of methoxy groups -OCH3 is 1. The largest absolute Gasteiger partial charge is 0.496 e. The number of hydrogen-bond acceptors (Lipinski definition) is 6. The number of hydrogen-bond donors (Lipinski definition) is 2. The molecule has 0 aliphatic heterocycles. The van der Waals surface area contributed by atoms with Gasteiger partial charge in [0.05, 0.1) is 19.0 Å². The van der Waals surface area contributed by atoms with E-state index in [0.29, 0.717) is 22.5 Å². The summed E-state index contributed by atoms with van der Waals surface area (Å²) in [5.41, 5.74) is 10.0. The fourth-order valence-corrected chi connectivity index (χ4v) is 2.32. The molecule has 1 aromatic carbocycles. The predicted molar refractivity (Wildman–Crippen MR) is 87.2 cm³/mol. The van der Waals surface area contributed by atoms with E-state index in [9.17, 15) is 5.02 Å². The van der Waals surface area contributed by atoms with Crippen molar-refractivity contribution in [3.63, 3.8) is 0 Å². The van der Waals surface area contributed by atoms with Gasteiger partial charge in [0, 0.05) is 17.3 Å². The van der Waals surface area contributed by atoms with Crippen molar-refractivity contribution in [3.05, 3.63) is 36.7 Å². The summed E-state index contributed by atoms with van der Waals surface area (Å²) >= 11 is 0. The van der Waals surface area contributed by atoms with Crippen molar-refractivity contribution in [3.8, 4) is 16.9 Å². The molecule has 7 heteroatoms. The third kappa shape index (κ3) is 2.46. The number of benzene rings is 1. The topological polar surface area (TPSA) is 94.2 Å². The van der Waals surface area contributed by atoms with E-state index in [2.05, 4.69) is 15.2 Å². The van der Waals surface area contributed by atoms with Crippen LogP contribution in [0, 0.1) is 0 Å². The molecule has 0 unspecified atom stereocenters. The Kier molecular flexibility index (Phi) is 3.64. The standard InChI is InChI=1S/C15H15BN4O2/c1-16(21)10-3-4-14(22-2)11(6-10)9-5-13-15(18-7-9)12(17)8-19-20-13/h3-8,21H,1-2H3,(H2,17,20). The first-order chi connectivity index (χ1) is 10.6. The van der Waals surface area contributed by atoms with Crippen molar-refractivity contribution in [2.75, 3.05) is 12.8 Å². The molecule has 0 amide bonds. The van der Waals surface area contributed by atoms with Crippen LogP contribution in [0.3, 0.4) is 0 Å². The zero-order chi connectivity index (χ0) is 15.7. The van der Waals surface area contributed by atoms with Crippen LogP contribution in [0.25, 0.3) is 22.2 Å². The molecule has 0 saturated heterocycles. The molecule has 2 aromatic heterocycles. The van der Waals surface area contributed by atoms with Crippen LogP contribution in [0.2, 0.25) is 6.82 Å². The molecule has 6 nitrogen and oxygen atoms in total. The highest BCUT2D eigenvalue weighted by Gasteiger charge is 2.13. The third-order valence-electron chi connectivity index (χ3n) is 3.52. The number of fused-ring (bicyclic) bond motifs is 1. The summed E-state index contributed by atoms with van der Waals surface area (Å²) in [5, 5.41) is 17.7. The number of anilines is 1. The first-order valence-corrected chi connectivity index (χ1v) is 6.83. The first-order valence-electron chi connectivity index (χ1n) is 6.83. The van der Waals surface area contributed by atoms with E-state index in [1.165, 1.54) is 6.20 Å². The summed E-state index contributed by atoms with van der Waals surface area (Å²) in [6.45, 7) is 1.16. The van der Waals surface area contributed by atoms with Gasteiger partial charge in [-0.2, -0.15) is 5.10 Å². The second-order valence-electron chi connectivity index (χ2n) is 5.03. The monoisotopic (exact) mass is 294 g/mol. The van der Waals surface area contributed by atoms with Crippen LogP contribution in [0.4, 0.5) is 5.69 Å². The molecule has 0 aliphatic rings. The van der Waals surface area contributed by atoms with E-state index in [4.69, 9.17) is 10.5 Å². The number of nitrogen functional groups attached to an aromatic ring is 1. The van der Waals surface area contributed by atoms with Crippen molar-refractivity contribution >= 4 is 29.1 Å². The Balaban J connectivity index is 2.19. The molecule has 110 valence electrons. The van der Waals surface area contributed by atoms with Crippen molar-refractivity contribution in [1.82, 2.24) is 15.2 Å². The second kappa shape index (κ2) is 5.61. The summed E-state index contributed by atoms with van der Waals surface area (Å²) in [6.07, 6.45) is 3.19. The van der Waals surface area contributed by atoms with Gasteiger partial charge in [0.1, 0.15) is 16.8 Å². The Morgan fingerprint density at radius 1 is 1.23 bits per heavy atom. The maximum absolute atomic E-state index is 9.77. The molecule has 0 aliphatic carbocycles. The van der Waals surface area contributed by atoms with Crippen molar-refractivity contribution in [2.24, 2.45) is 0 Å². The fraction of sp³-hybridized carbons (Fsp3) is 0.133. The Labute approximate surface area is 128 Å². The van der Waals surface area contributed by atoms with E-state index in [0.717, 1.165) is 16.6 Å². The maximum atomic E-state index is 9.77. The van der Waals surface area contributed by atoms with Gasteiger partial charge in [-0.15, -0.1) is 5.10 Å². The number of pyridine rings is 1. The molecule has 0 spiro atoms. The number of nitrogens with zero attached hydrogens (tertiary/aromatic N) is 3. The van der Waals surface area contributed by atoms with Crippen LogP contribution in [0.5, 0.6) is 5.75 Å². The fourth-order valence-electron chi connectivity index (χ4n) is 2.32. The smallest absolute Gasteiger partial charge is 0.320 e. The maximum Gasteiger partial charge on any atom is 0.320 e. The molecule has 3 N–H and O–H groups in total. The SMILES string of the molecule is COc1ccc(B(C)O)cc1-c1cnc2c(N)cnnc2c1. The number of aromatic nitrogens is 3. The van der Waals surface area contributed by atoms with Gasteiger partial charge < -0.3 is 15.5 Å². The minimum Gasteiger partial charge on any atom is -0.496 e. The predicted octanol–water partition coefficient (Wildman–Crippen LogP) is 1.10. The van der Waals surface area contributed by atoms with Gasteiger partial charge in [0.15, 0.2) is 0 Å². The average molecular weight is 294 g/mol. The van der Waals surface area contributed by atoms with E-state index in [1.54, 1.807) is 20.1 Å². The molecule has 3 rings (SSSR count). The lowest BCUT2D eigenvalue weighted by Gasteiger charge is -2.12. The Hall–Kier alpha value is -2.67. The van der Waals surface area contributed by atoms with Crippen molar-refractivity contribution in [1.29, 1.82) is 0 Å². The molecule has 2 heterocycles. The Bertz CT molecular complexity index is 839. The van der Waals surface area contributed by atoms with Crippen molar-refractivity contribution in [2.45, 2.75) is 6.82 Å². The highest BCUT2D eigenvalue weighted by Crippen LogP contribution is 2.30. The first kappa shape index (κ1) is 14.3. The quantitative estimate of drug-likeness (QED) is 0.703. The number of ether oxygens (including phenoxy) is 1. The van der Waals surface area contributed by atoms with Crippen LogP contribution < -0.4 is 15.9 Å². The molecule has 3 aromatic rings. The highest BCUT2D eigenvalue weighted by atomic mass is 16.5. The summed E-state index contributed by atoms with van der Waals surface area (Å²) in [6, 6.07) is 7.40. The van der Waals surface area contributed by atoms with Crippen LogP contribution in [0.15, 0.2) is 36.7 Å². The van der Waals surface area contributed by atoms with Gasteiger partial charge in [0.2, 0.25) is 0 Å². The van der Waals surface area contributed by atoms with Crippen LogP contribution in [0.1, 0.15) is 0 Å². The number of rotatable bonds is 3. The summed E-state index contributed by atoms with van der Waals surface area (Å²) in [4.78, 5) is 4.36. The normalized spacial score (nSPS) is 10.7. The second-order valence-corrected chi connectivity index (χ2v) is 5.03. The zero-order valence-electron chi connectivity index (χ0n) is 12.3. The highest BCUT2D eigenvalue weighted by molar-refractivity contribution is 6.64. The summed E-state index contributed by atoms with van der Waals surface area (Å²) in [7, 11) is 1.60. The summed E-state index contributed by atoms with van der Waals surface area (Å²) in [5.74, 6) is 0.697. The summed E-state index contributed by atoms with van der Waals surface area (Å²) < 4.78 is 5.40. The third-order valence-corrected chi connectivity index (χ3v) is 3.52. The molecular formula is C15H15BN4O2. The molecule has 0 saturated carbocycles. The van der Waals surface area contributed by atoms with Crippen molar-refractivity contribution < 1.29 is 9.76 Å². The van der Waals surface area contributed by atoms with E-state index < -0.39 is 6.92 Å². The van der Waals surface area contributed by atoms with Crippen LogP contribution in [-0.4, -0.2) is 34.2 Å². The lowest BCUT2D eigenvalue weighted by Crippen LogP contribution is -2.26. The lowest BCUT2D eigenvalue weighted by atomic mass is 9.64. The minimum atomic E-state index is -0.562. The van der Waals surface area contributed by atoms with Gasteiger partial charge in [-0.25, -0.2) is 0 Å². The molecule has 0 radical (unpaired) electrons. The molecular weight excluding hydrogens is 279 g/mol. The van der Waals surface area contributed by atoms with Gasteiger partial charge in [-0.3, -0.25) is 4.98 Å². The lowest BCUT2D eigenvalue weighted by molar-refractivity contribution is 0.416. The van der Waals surface area contributed by atoms with E-state index in [-0.39, 0.29) is 0 Å². The molecule has 0 atom stereocenters. The molecule has 22 heavy (non-hydrogen) atoms. The van der Waals surface area contributed by atoms with Gasteiger partial charge in [0.25, 0.3) is 0 Å². The molecule has 0 fully saturated rings. The van der Waals surface area contributed by atoms with E-state index in [1.807, 2.05) is 24.3 Å². The molecule has 0 bridgehead atoms.